The highest BCUT2D eigenvalue weighted by Crippen LogP contribution is 2.33. The van der Waals surface area contributed by atoms with Crippen LogP contribution in [0.15, 0.2) is 53.3 Å². The summed E-state index contributed by atoms with van der Waals surface area (Å²) < 4.78 is 5.19. The first kappa shape index (κ1) is 11.9. The number of hydrogen-bond donors (Lipinski definition) is 1. The van der Waals surface area contributed by atoms with Crippen molar-refractivity contribution in [3.8, 4) is 0 Å². The number of furan rings is 1. The molecule has 0 saturated carbocycles. The first-order chi connectivity index (χ1) is 8.36. The van der Waals surface area contributed by atoms with E-state index in [0.717, 1.165) is 6.42 Å². The monoisotopic (exact) mass is 229 g/mol. The summed E-state index contributed by atoms with van der Waals surface area (Å²) >= 11 is 0. The third-order valence-electron chi connectivity index (χ3n) is 3.28. The Hall–Kier alpha value is -1.54. The molecule has 0 aliphatic heterocycles. The van der Waals surface area contributed by atoms with Crippen LogP contribution in [-0.2, 0) is 0 Å². The second-order valence-corrected chi connectivity index (χ2v) is 4.25. The van der Waals surface area contributed by atoms with Crippen LogP contribution in [0.1, 0.15) is 36.4 Å². The topological polar surface area (TPSA) is 25.2 Å². The Morgan fingerprint density at radius 2 is 1.88 bits per heavy atom. The normalized spacial score (nSPS) is 14.5. The van der Waals surface area contributed by atoms with Gasteiger partial charge < -0.3 is 9.73 Å². The van der Waals surface area contributed by atoms with Crippen molar-refractivity contribution in [2.45, 2.75) is 25.3 Å². The SMILES string of the molecule is CCC(c1ccccc1)C(NC)c1ccoc1. The van der Waals surface area contributed by atoms with Crippen molar-refractivity contribution in [2.24, 2.45) is 0 Å². The molecule has 0 radical (unpaired) electrons. The zero-order valence-corrected chi connectivity index (χ0v) is 10.4. The minimum absolute atomic E-state index is 0.307. The van der Waals surface area contributed by atoms with Crippen molar-refractivity contribution in [1.29, 1.82) is 0 Å². The summed E-state index contributed by atoms with van der Waals surface area (Å²) in [6, 6.07) is 13.0. The van der Waals surface area contributed by atoms with Gasteiger partial charge in [-0.3, -0.25) is 0 Å². The minimum Gasteiger partial charge on any atom is -0.472 e. The molecule has 0 bridgehead atoms. The van der Waals surface area contributed by atoms with Crippen LogP contribution < -0.4 is 5.32 Å². The van der Waals surface area contributed by atoms with Crippen molar-refractivity contribution in [2.75, 3.05) is 7.05 Å². The number of benzene rings is 1. The molecule has 1 aromatic carbocycles. The van der Waals surface area contributed by atoms with E-state index < -0.39 is 0 Å². The Balaban J connectivity index is 2.28. The first-order valence-corrected chi connectivity index (χ1v) is 6.11. The Kier molecular flexibility index (Phi) is 3.99. The van der Waals surface area contributed by atoms with Gasteiger partial charge >= 0.3 is 0 Å². The van der Waals surface area contributed by atoms with Gasteiger partial charge in [-0.1, -0.05) is 37.3 Å². The molecule has 2 aromatic rings. The second kappa shape index (κ2) is 5.69. The van der Waals surface area contributed by atoms with Crippen molar-refractivity contribution in [3.05, 3.63) is 60.1 Å². The molecule has 1 aromatic heterocycles. The van der Waals surface area contributed by atoms with Gasteiger partial charge in [-0.05, 0) is 25.1 Å². The first-order valence-electron chi connectivity index (χ1n) is 6.11. The van der Waals surface area contributed by atoms with Crippen LogP contribution in [0.5, 0.6) is 0 Å². The number of likely N-dealkylation sites (N-methyl/N-ethyl adjacent to an activating group) is 1. The average molecular weight is 229 g/mol. The van der Waals surface area contributed by atoms with Crippen LogP contribution in [0.3, 0.4) is 0 Å². The molecular weight excluding hydrogens is 210 g/mol. The summed E-state index contributed by atoms with van der Waals surface area (Å²) in [6.07, 6.45) is 4.66. The van der Waals surface area contributed by atoms with E-state index in [1.807, 2.05) is 19.4 Å². The standard InChI is InChI=1S/C15H19NO/c1-3-14(12-7-5-4-6-8-12)15(16-2)13-9-10-17-11-13/h4-11,14-16H,3H2,1-2H3. The van der Waals surface area contributed by atoms with Crippen molar-refractivity contribution in [1.82, 2.24) is 5.32 Å². The molecule has 2 nitrogen and oxygen atoms in total. The highest BCUT2D eigenvalue weighted by atomic mass is 16.3. The van der Waals surface area contributed by atoms with Crippen LogP contribution in [0, 0.1) is 0 Å². The lowest BCUT2D eigenvalue weighted by molar-refractivity contribution is 0.460. The Morgan fingerprint density at radius 3 is 2.41 bits per heavy atom. The number of hydrogen-bond acceptors (Lipinski definition) is 2. The van der Waals surface area contributed by atoms with Crippen LogP contribution in [0.4, 0.5) is 0 Å². The maximum atomic E-state index is 5.19. The van der Waals surface area contributed by atoms with Crippen LogP contribution in [-0.4, -0.2) is 7.05 Å². The van der Waals surface area contributed by atoms with Crippen molar-refractivity contribution in [3.63, 3.8) is 0 Å². The third kappa shape index (κ3) is 2.59. The maximum absolute atomic E-state index is 5.19. The summed E-state index contributed by atoms with van der Waals surface area (Å²) in [7, 11) is 2.00. The summed E-state index contributed by atoms with van der Waals surface area (Å²) in [5, 5.41) is 3.39. The van der Waals surface area contributed by atoms with E-state index in [2.05, 4.69) is 42.6 Å². The van der Waals surface area contributed by atoms with Gasteiger partial charge in [0.2, 0.25) is 0 Å². The maximum Gasteiger partial charge on any atom is 0.0950 e. The fourth-order valence-corrected chi connectivity index (χ4v) is 2.42. The smallest absolute Gasteiger partial charge is 0.0950 e. The molecule has 0 aliphatic carbocycles. The van der Waals surface area contributed by atoms with Crippen LogP contribution >= 0.6 is 0 Å². The lowest BCUT2D eigenvalue weighted by Gasteiger charge is -2.25. The average Bonchev–Trinajstić information content (AvgIpc) is 2.90. The van der Waals surface area contributed by atoms with Crippen LogP contribution in [0.2, 0.25) is 0 Å². The van der Waals surface area contributed by atoms with Gasteiger partial charge in [-0.25, -0.2) is 0 Å². The van der Waals surface area contributed by atoms with Crippen molar-refractivity contribution >= 4 is 0 Å². The predicted octanol–water partition coefficient (Wildman–Crippen LogP) is 3.73. The minimum atomic E-state index is 0.307. The predicted molar refractivity (Wildman–Crippen MR) is 70.0 cm³/mol. The molecule has 2 heteroatoms. The molecule has 2 unspecified atom stereocenters. The summed E-state index contributed by atoms with van der Waals surface area (Å²) in [6.45, 7) is 2.22. The summed E-state index contributed by atoms with van der Waals surface area (Å²) in [4.78, 5) is 0. The molecule has 0 aliphatic rings. The van der Waals surface area contributed by atoms with Gasteiger partial charge in [0.05, 0.1) is 12.5 Å². The molecule has 2 rings (SSSR count). The van der Waals surface area contributed by atoms with Gasteiger partial charge in [0, 0.05) is 17.5 Å². The molecule has 1 heterocycles. The molecule has 1 N–H and O–H groups in total. The lowest BCUT2D eigenvalue weighted by Crippen LogP contribution is -2.23. The summed E-state index contributed by atoms with van der Waals surface area (Å²) in [5.74, 6) is 0.471. The van der Waals surface area contributed by atoms with E-state index in [1.165, 1.54) is 11.1 Å². The molecule has 0 fully saturated rings. The lowest BCUT2D eigenvalue weighted by atomic mass is 9.86. The molecule has 0 saturated heterocycles. The molecule has 0 amide bonds. The zero-order chi connectivity index (χ0) is 12.1. The Labute approximate surface area is 103 Å². The summed E-state index contributed by atoms with van der Waals surface area (Å²) in [5.41, 5.74) is 2.58. The van der Waals surface area contributed by atoms with Gasteiger partial charge in [0.1, 0.15) is 0 Å². The Bertz CT molecular complexity index is 421. The van der Waals surface area contributed by atoms with E-state index in [1.54, 1.807) is 6.26 Å². The van der Waals surface area contributed by atoms with E-state index in [0.29, 0.717) is 12.0 Å². The van der Waals surface area contributed by atoms with E-state index in [-0.39, 0.29) is 0 Å². The molecule has 90 valence electrons. The van der Waals surface area contributed by atoms with Crippen molar-refractivity contribution < 1.29 is 4.42 Å². The largest absolute Gasteiger partial charge is 0.472 e. The van der Waals surface area contributed by atoms with Gasteiger partial charge in [-0.15, -0.1) is 0 Å². The van der Waals surface area contributed by atoms with E-state index in [9.17, 15) is 0 Å². The molecule has 0 spiro atoms. The highest BCUT2D eigenvalue weighted by Gasteiger charge is 2.22. The third-order valence-corrected chi connectivity index (χ3v) is 3.28. The number of rotatable bonds is 5. The molecular formula is C15H19NO. The molecule has 17 heavy (non-hydrogen) atoms. The van der Waals surface area contributed by atoms with Crippen LogP contribution in [0.25, 0.3) is 0 Å². The fraction of sp³-hybridized carbons (Fsp3) is 0.333. The molecule has 2 atom stereocenters. The van der Waals surface area contributed by atoms with Gasteiger partial charge in [-0.2, -0.15) is 0 Å². The zero-order valence-electron chi connectivity index (χ0n) is 10.4. The second-order valence-electron chi connectivity index (χ2n) is 4.25. The Morgan fingerprint density at radius 1 is 1.12 bits per heavy atom. The number of nitrogens with one attached hydrogen (secondary N) is 1. The van der Waals surface area contributed by atoms with E-state index >= 15 is 0 Å². The quantitative estimate of drug-likeness (QED) is 0.845. The van der Waals surface area contributed by atoms with Gasteiger partial charge in [0.25, 0.3) is 0 Å². The highest BCUT2D eigenvalue weighted by molar-refractivity contribution is 5.25. The van der Waals surface area contributed by atoms with E-state index in [4.69, 9.17) is 4.42 Å². The fourth-order valence-electron chi connectivity index (χ4n) is 2.42. The van der Waals surface area contributed by atoms with Gasteiger partial charge in [0.15, 0.2) is 0 Å².